The highest BCUT2D eigenvalue weighted by molar-refractivity contribution is 5.81. The topological polar surface area (TPSA) is 51.0 Å². The van der Waals surface area contributed by atoms with E-state index in [9.17, 15) is 4.79 Å². The highest BCUT2D eigenvalue weighted by Gasteiger charge is 2.33. The predicted octanol–water partition coefficient (Wildman–Crippen LogP) is 2.76. The number of hydrogen-bond acceptors (Lipinski definition) is 3. The maximum atomic E-state index is 12.4. The Bertz CT molecular complexity index is 657. The zero-order valence-electron chi connectivity index (χ0n) is 13.4. The summed E-state index contributed by atoms with van der Waals surface area (Å²) in [5.41, 5.74) is 1.61. The summed E-state index contributed by atoms with van der Waals surface area (Å²) in [5.74, 6) is 0.207. The summed E-state index contributed by atoms with van der Waals surface area (Å²) in [6, 6.07) is 10.2. The molecule has 1 aliphatic rings. The second kappa shape index (κ2) is 5.55. The van der Waals surface area contributed by atoms with Gasteiger partial charge in [0.2, 0.25) is 5.91 Å². The van der Waals surface area contributed by atoms with Crippen molar-refractivity contribution in [2.45, 2.75) is 33.2 Å². The molecule has 1 aromatic heterocycles. The molecule has 1 aromatic carbocycles. The molecule has 1 fully saturated rings. The smallest absolute Gasteiger partial charge is 0.228 e. The lowest BCUT2D eigenvalue weighted by atomic mass is 9.95. The first-order valence-electron chi connectivity index (χ1n) is 7.72. The third-order valence-electron chi connectivity index (χ3n) is 4.05. The molecule has 0 radical (unpaired) electrons. The van der Waals surface area contributed by atoms with Gasteiger partial charge in [-0.25, -0.2) is 4.68 Å². The average Bonchev–Trinajstić information content (AvgIpc) is 3.15. The molecule has 116 valence electrons. The Morgan fingerprint density at radius 1 is 1.23 bits per heavy atom. The van der Waals surface area contributed by atoms with E-state index in [-0.39, 0.29) is 17.4 Å². The molecule has 5 heteroatoms. The predicted molar refractivity (Wildman–Crippen MR) is 85.1 cm³/mol. The van der Waals surface area contributed by atoms with Crippen molar-refractivity contribution in [2.24, 2.45) is 5.41 Å². The molecule has 3 rings (SSSR count). The summed E-state index contributed by atoms with van der Waals surface area (Å²) in [4.78, 5) is 14.3. The van der Waals surface area contributed by atoms with Crippen molar-refractivity contribution in [3.63, 3.8) is 0 Å². The number of likely N-dealkylation sites (tertiary alicyclic amines) is 1. The van der Waals surface area contributed by atoms with E-state index in [0.29, 0.717) is 6.54 Å². The normalized spacial score (nSPS) is 18.7. The molecular weight excluding hydrogens is 276 g/mol. The van der Waals surface area contributed by atoms with E-state index in [1.807, 2.05) is 66.9 Å². The van der Waals surface area contributed by atoms with Crippen LogP contribution >= 0.6 is 0 Å². The van der Waals surface area contributed by atoms with E-state index in [0.717, 1.165) is 24.2 Å². The third kappa shape index (κ3) is 2.89. The van der Waals surface area contributed by atoms with E-state index < -0.39 is 0 Å². The van der Waals surface area contributed by atoms with Crippen LogP contribution in [-0.4, -0.2) is 38.9 Å². The first kappa shape index (κ1) is 14.8. The third-order valence-corrected chi connectivity index (χ3v) is 4.05. The summed E-state index contributed by atoms with van der Waals surface area (Å²) in [7, 11) is 0. The van der Waals surface area contributed by atoms with Gasteiger partial charge in [0.25, 0.3) is 0 Å². The molecule has 0 unspecified atom stereocenters. The van der Waals surface area contributed by atoms with Gasteiger partial charge in [-0.1, -0.05) is 56.3 Å². The van der Waals surface area contributed by atoms with Crippen LogP contribution in [0.15, 0.2) is 36.5 Å². The summed E-state index contributed by atoms with van der Waals surface area (Å²) in [6.45, 7) is 7.40. The van der Waals surface area contributed by atoms with Crippen molar-refractivity contribution in [3.05, 3.63) is 36.5 Å². The molecule has 0 aliphatic carbocycles. The quantitative estimate of drug-likeness (QED) is 0.856. The fourth-order valence-electron chi connectivity index (χ4n) is 2.81. The number of nitrogens with zero attached hydrogens (tertiary/aromatic N) is 4. The van der Waals surface area contributed by atoms with Crippen molar-refractivity contribution < 1.29 is 4.79 Å². The van der Waals surface area contributed by atoms with Gasteiger partial charge in [-0.05, 0) is 6.42 Å². The van der Waals surface area contributed by atoms with Gasteiger partial charge >= 0.3 is 0 Å². The van der Waals surface area contributed by atoms with Gasteiger partial charge in [-0.15, -0.1) is 5.10 Å². The highest BCUT2D eigenvalue weighted by atomic mass is 16.2. The van der Waals surface area contributed by atoms with Crippen molar-refractivity contribution in [1.82, 2.24) is 19.9 Å². The number of rotatable bonds is 2. The maximum Gasteiger partial charge on any atom is 0.228 e. The molecule has 5 nitrogen and oxygen atoms in total. The molecule has 1 aliphatic heterocycles. The summed E-state index contributed by atoms with van der Waals surface area (Å²) in [6.07, 6.45) is 2.91. The Labute approximate surface area is 130 Å². The molecule has 2 aromatic rings. The lowest BCUT2D eigenvalue weighted by Crippen LogP contribution is -2.38. The summed E-state index contributed by atoms with van der Waals surface area (Å²) >= 11 is 0. The number of benzene rings is 1. The first-order valence-corrected chi connectivity index (χ1v) is 7.72. The number of carbonyl (C=O) groups excluding carboxylic acids is 1. The molecule has 1 atom stereocenters. The number of aromatic nitrogens is 3. The highest BCUT2D eigenvalue weighted by Crippen LogP contribution is 2.27. The number of amides is 1. The fourth-order valence-corrected chi connectivity index (χ4v) is 2.81. The van der Waals surface area contributed by atoms with Crippen molar-refractivity contribution in [2.75, 3.05) is 13.1 Å². The van der Waals surface area contributed by atoms with Gasteiger partial charge in [0, 0.05) is 24.1 Å². The van der Waals surface area contributed by atoms with Crippen LogP contribution in [0.2, 0.25) is 0 Å². The minimum atomic E-state index is -0.327. The van der Waals surface area contributed by atoms with Crippen LogP contribution in [-0.2, 0) is 4.79 Å². The molecular formula is C17H22N4O. The molecule has 1 amide bonds. The second-order valence-electron chi connectivity index (χ2n) is 6.89. The van der Waals surface area contributed by atoms with Crippen LogP contribution in [0.25, 0.3) is 11.3 Å². The van der Waals surface area contributed by atoms with Crippen LogP contribution < -0.4 is 0 Å². The van der Waals surface area contributed by atoms with E-state index in [1.165, 1.54) is 0 Å². The van der Waals surface area contributed by atoms with Gasteiger partial charge in [0.05, 0.1) is 12.2 Å². The largest absolute Gasteiger partial charge is 0.340 e. The van der Waals surface area contributed by atoms with E-state index in [1.54, 1.807) is 0 Å². The lowest BCUT2D eigenvalue weighted by molar-refractivity contribution is -0.138. The standard InChI is InChI=1S/C17H22N4O/c1-17(2,3)16(22)20-10-9-14(11-20)21-12-15(18-19-21)13-7-5-4-6-8-13/h4-8,12,14H,9-11H2,1-3H3/t14-/m0/s1. The van der Waals surface area contributed by atoms with Gasteiger partial charge in [0.15, 0.2) is 0 Å². The summed E-state index contributed by atoms with van der Waals surface area (Å²) < 4.78 is 1.90. The molecule has 0 bridgehead atoms. The zero-order chi connectivity index (χ0) is 15.7. The van der Waals surface area contributed by atoms with Crippen LogP contribution in [0.1, 0.15) is 33.2 Å². The van der Waals surface area contributed by atoms with Crippen molar-refractivity contribution in [1.29, 1.82) is 0 Å². The molecule has 2 heterocycles. The lowest BCUT2D eigenvalue weighted by Gasteiger charge is -2.25. The van der Waals surface area contributed by atoms with Crippen LogP contribution in [0.5, 0.6) is 0 Å². The van der Waals surface area contributed by atoms with Gasteiger partial charge in [0.1, 0.15) is 5.69 Å². The molecule has 1 saturated heterocycles. The molecule has 0 N–H and O–H groups in total. The SMILES string of the molecule is CC(C)(C)C(=O)N1CC[C@H](n2cc(-c3ccccc3)nn2)C1. The van der Waals surface area contributed by atoms with E-state index in [2.05, 4.69) is 10.3 Å². The minimum absolute atomic E-state index is 0.207. The van der Waals surface area contributed by atoms with Crippen molar-refractivity contribution in [3.8, 4) is 11.3 Å². The second-order valence-corrected chi connectivity index (χ2v) is 6.89. The zero-order valence-corrected chi connectivity index (χ0v) is 13.4. The maximum absolute atomic E-state index is 12.4. The van der Waals surface area contributed by atoms with Gasteiger partial charge < -0.3 is 4.90 Å². The first-order chi connectivity index (χ1) is 10.4. The van der Waals surface area contributed by atoms with Gasteiger partial charge in [-0.3, -0.25) is 4.79 Å². The number of hydrogen-bond donors (Lipinski definition) is 0. The van der Waals surface area contributed by atoms with Crippen LogP contribution in [0, 0.1) is 5.41 Å². The average molecular weight is 298 g/mol. The monoisotopic (exact) mass is 298 g/mol. The number of carbonyl (C=O) groups is 1. The van der Waals surface area contributed by atoms with Crippen LogP contribution in [0.3, 0.4) is 0 Å². The minimum Gasteiger partial charge on any atom is -0.340 e. The Kier molecular flexibility index (Phi) is 3.72. The van der Waals surface area contributed by atoms with E-state index in [4.69, 9.17) is 0 Å². The molecule has 22 heavy (non-hydrogen) atoms. The Hall–Kier alpha value is -2.17. The van der Waals surface area contributed by atoms with E-state index >= 15 is 0 Å². The molecule has 0 saturated carbocycles. The van der Waals surface area contributed by atoms with Crippen molar-refractivity contribution >= 4 is 5.91 Å². The van der Waals surface area contributed by atoms with Crippen LogP contribution in [0.4, 0.5) is 0 Å². The Balaban J connectivity index is 1.72. The molecule has 0 spiro atoms. The Morgan fingerprint density at radius 3 is 2.64 bits per heavy atom. The Morgan fingerprint density at radius 2 is 1.95 bits per heavy atom. The fraction of sp³-hybridized carbons (Fsp3) is 0.471. The van der Waals surface area contributed by atoms with Gasteiger partial charge in [-0.2, -0.15) is 0 Å². The summed E-state index contributed by atoms with van der Waals surface area (Å²) in [5, 5.41) is 8.52.